The van der Waals surface area contributed by atoms with E-state index in [4.69, 9.17) is 13.9 Å². The number of hydrogen-bond acceptors (Lipinski definition) is 5. The molecule has 0 aliphatic heterocycles. The minimum Gasteiger partial charge on any atom is -0.502 e. The van der Waals surface area contributed by atoms with Gasteiger partial charge in [-0.25, -0.2) is 4.39 Å². The van der Waals surface area contributed by atoms with Crippen molar-refractivity contribution in [2.45, 2.75) is 13.3 Å². The van der Waals surface area contributed by atoms with Crippen molar-refractivity contribution in [1.29, 1.82) is 0 Å². The van der Waals surface area contributed by atoms with Crippen molar-refractivity contribution in [3.05, 3.63) is 82.6 Å². The number of nitrogens with one attached hydrogen (secondary N) is 1. The fraction of sp³-hybridized carbons (Fsp3) is 0.192. The van der Waals surface area contributed by atoms with Crippen molar-refractivity contribution in [2.75, 3.05) is 20.8 Å². The number of allylic oxidation sites excluding steroid dienone is 2. The molecule has 2 N–H and O–H groups in total. The molecule has 1 aliphatic carbocycles. The smallest absolute Gasteiger partial charge is 0.224 e. The number of aromatic hydroxyl groups is 1. The number of fused-ring (bicyclic) bond motifs is 1. The highest BCUT2D eigenvalue weighted by atomic mass is 19.1. The van der Waals surface area contributed by atoms with E-state index in [0.717, 1.165) is 39.0 Å². The van der Waals surface area contributed by atoms with Gasteiger partial charge in [-0.1, -0.05) is 6.07 Å². The molecule has 0 saturated carbocycles. The van der Waals surface area contributed by atoms with Gasteiger partial charge in [0.15, 0.2) is 11.5 Å². The molecule has 1 aliphatic rings. The fourth-order valence-electron chi connectivity index (χ4n) is 3.97. The Morgan fingerprint density at radius 3 is 2.48 bits per heavy atom. The summed E-state index contributed by atoms with van der Waals surface area (Å²) in [6.45, 7) is 2.20. The van der Waals surface area contributed by atoms with Gasteiger partial charge in [0.1, 0.15) is 5.82 Å². The van der Waals surface area contributed by atoms with E-state index < -0.39 is 0 Å². The maximum Gasteiger partial charge on any atom is 0.224 e. The van der Waals surface area contributed by atoms with Crippen LogP contribution in [0.15, 0.2) is 58.9 Å². The summed E-state index contributed by atoms with van der Waals surface area (Å²) in [6, 6.07) is 9.77. The van der Waals surface area contributed by atoms with E-state index in [1.807, 2.05) is 13.0 Å². The second-order valence-electron chi connectivity index (χ2n) is 7.71. The molecule has 6 nitrogen and oxygen atoms in total. The van der Waals surface area contributed by atoms with Crippen molar-refractivity contribution in [3.8, 4) is 17.2 Å². The number of phenolic OH excluding ortho intramolecular Hbond substituents is 1. The number of ether oxygens (including phenoxy) is 2. The summed E-state index contributed by atoms with van der Waals surface area (Å²) in [4.78, 5) is 12.4. The Morgan fingerprint density at radius 1 is 1.12 bits per heavy atom. The molecule has 0 saturated heterocycles. The minimum absolute atomic E-state index is 0.0793. The summed E-state index contributed by atoms with van der Waals surface area (Å²) < 4.78 is 29.6. The third-order valence-electron chi connectivity index (χ3n) is 5.67. The highest BCUT2D eigenvalue weighted by Gasteiger charge is 2.25. The van der Waals surface area contributed by atoms with Crippen LogP contribution in [0.4, 0.5) is 4.39 Å². The molecule has 0 fully saturated rings. The predicted octanol–water partition coefficient (Wildman–Crippen LogP) is 4.83. The highest BCUT2D eigenvalue weighted by molar-refractivity contribution is 6.06. The second-order valence-corrected chi connectivity index (χ2v) is 7.71. The lowest BCUT2D eigenvalue weighted by Crippen LogP contribution is -2.26. The SMILES string of the molecule is COc1cc(C=C2C(C)=C(CNC(=O)Cc3ccoc3)c3cc(F)ccc32)cc(OC)c1O. The van der Waals surface area contributed by atoms with Gasteiger partial charge >= 0.3 is 0 Å². The first-order chi connectivity index (χ1) is 15.9. The third-order valence-corrected chi connectivity index (χ3v) is 5.67. The number of rotatable bonds is 7. The van der Waals surface area contributed by atoms with E-state index in [1.54, 1.807) is 24.3 Å². The molecule has 7 heteroatoms. The Morgan fingerprint density at radius 2 is 1.85 bits per heavy atom. The summed E-state index contributed by atoms with van der Waals surface area (Å²) >= 11 is 0. The fourth-order valence-corrected chi connectivity index (χ4v) is 3.97. The summed E-state index contributed by atoms with van der Waals surface area (Å²) in [5.41, 5.74) is 5.78. The van der Waals surface area contributed by atoms with Crippen molar-refractivity contribution in [1.82, 2.24) is 5.32 Å². The average Bonchev–Trinajstić information content (AvgIpc) is 3.39. The normalized spacial score (nSPS) is 13.9. The first-order valence-corrected chi connectivity index (χ1v) is 10.4. The molecule has 1 heterocycles. The second kappa shape index (κ2) is 9.24. The number of furan rings is 1. The molecule has 2 aromatic carbocycles. The van der Waals surface area contributed by atoms with E-state index in [9.17, 15) is 14.3 Å². The molecular weight excluding hydrogens is 425 g/mol. The first kappa shape index (κ1) is 22.2. The Labute approximate surface area is 191 Å². The molecule has 0 spiro atoms. The molecule has 1 aromatic heterocycles. The largest absolute Gasteiger partial charge is 0.502 e. The molecule has 1 amide bonds. The van der Waals surface area contributed by atoms with Crippen LogP contribution in [0.1, 0.15) is 29.2 Å². The molecule has 4 rings (SSSR count). The van der Waals surface area contributed by atoms with Crippen LogP contribution in [0, 0.1) is 5.82 Å². The van der Waals surface area contributed by atoms with Crippen molar-refractivity contribution >= 4 is 23.1 Å². The summed E-state index contributed by atoms with van der Waals surface area (Å²) in [5, 5.41) is 13.1. The Balaban J connectivity index is 1.69. The van der Waals surface area contributed by atoms with Crippen LogP contribution in [0.2, 0.25) is 0 Å². The third kappa shape index (κ3) is 4.48. The Bertz CT molecular complexity index is 1230. The molecule has 170 valence electrons. The maximum atomic E-state index is 14.1. The van der Waals surface area contributed by atoms with Gasteiger partial charge < -0.3 is 24.3 Å². The summed E-state index contributed by atoms with van der Waals surface area (Å²) in [5.74, 6) is -0.0128. The zero-order valence-corrected chi connectivity index (χ0v) is 18.6. The lowest BCUT2D eigenvalue weighted by Gasteiger charge is -2.11. The van der Waals surface area contributed by atoms with Gasteiger partial charge in [0.25, 0.3) is 0 Å². The summed E-state index contributed by atoms with van der Waals surface area (Å²) in [7, 11) is 2.93. The van der Waals surface area contributed by atoms with Crippen LogP contribution in [0.3, 0.4) is 0 Å². The lowest BCUT2D eigenvalue weighted by molar-refractivity contribution is -0.120. The van der Waals surface area contributed by atoms with Crippen LogP contribution < -0.4 is 14.8 Å². The van der Waals surface area contributed by atoms with Crippen molar-refractivity contribution < 1.29 is 28.2 Å². The molecule has 0 radical (unpaired) electrons. The maximum absolute atomic E-state index is 14.1. The van der Waals surface area contributed by atoms with E-state index in [2.05, 4.69) is 5.32 Å². The predicted molar refractivity (Wildman–Crippen MR) is 123 cm³/mol. The molecule has 0 atom stereocenters. The zero-order chi connectivity index (χ0) is 23.5. The number of hydrogen-bond donors (Lipinski definition) is 2. The monoisotopic (exact) mass is 449 g/mol. The average molecular weight is 449 g/mol. The molecule has 0 unspecified atom stereocenters. The molecular formula is C26H24FNO5. The quantitative estimate of drug-likeness (QED) is 0.540. The van der Waals surface area contributed by atoms with Crippen LogP contribution in [0.25, 0.3) is 17.2 Å². The topological polar surface area (TPSA) is 80.9 Å². The number of carbonyl (C=O) groups is 1. The Kier molecular flexibility index (Phi) is 6.22. The van der Waals surface area contributed by atoms with E-state index in [1.165, 1.54) is 38.9 Å². The molecule has 0 bridgehead atoms. The summed E-state index contributed by atoms with van der Waals surface area (Å²) in [6.07, 6.45) is 5.19. The molecule has 33 heavy (non-hydrogen) atoms. The Hall–Kier alpha value is -4.00. The van der Waals surface area contributed by atoms with Crippen molar-refractivity contribution in [3.63, 3.8) is 0 Å². The molecule has 3 aromatic rings. The number of methoxy groups -OCH3 is 2. The van der Waals surface area contributed by atoms with E-state index in [-0.39, 0.29) is 41.9 Å². The van der Waals surface area contributed by atoms with E-state index >= 15 is 0 Å². The van der Waals surface area contributed by atoms with Crippen molar-refractivity contribution in [2.24, 2.45) is 0 Å². The van der Waals surface area contributed by atoms with Gasteiger partial charge in [0.05, 0.1) is 33.2 Å². The van der Waals surface area contributed by atoms with E-state index in [0.29, 0.717) is 0 Å². The highest BCUT2D eigenvalue weighted by Crippen LogP contribution is 2.44. The minimum atomic E-state index is -0.349. The van der Waals surface area contributed by atoms with Crippen LogP contribution in [-0.4, -0.2) is 31.8 Å². The van der Waals surface area contributed by atoms with Gasteiger partial charge in [-0.3, -0.25) is 4.79 Å². The number of halogens is 1. The van der Waals surface area contributed by atoms with Gasteiger partial charge in [-0.2, -0.15) is 0 Å². The number of benzene rings is 2. The number of phenols is 1. The zero-order valence-electron chi connectivity index (χ0n) is 18.6. The van der Waals surface area contributed by atoms with Crippen LogP contribution in [0.5, 0.6) is 17.2 Å². The van der Waals surface area contributed by atoms with Crippen LogP contribution >= 0.6 is 0 Å². The number of carbonyl (C=O) groups excluding carboxylic acids is 1. The van der Waals surface area contributed by atoms with Gasteiger partial charge in [0.2, 0.25) is 11.7 Å². The van der Waals surface area contributed by atoms with Gasteiger partial charge in [-0.05, 0) is 82.3 Å². The standard InChI is InChI=1S/C26H24FNO5/c1-15-20(8-17-9-23(31-2)26(30)24(10-17)32-3)19-5-4-18(27)12-21(19)22(15)13-28-25(29)11-16-6-7-33-14-16/h4-10,12,14,30H,11,13H2,1-3H3,(H,28,29). The van der Waals surface area contributed by atoms with Gasteiger partial charge in [0, 0.05) is 6.54 Å². The van der Waals surface area contributed by atoms with Gasteiger partial charge in [-0.15, -0.1) is 0 Å². The first-order valence-electron chi connectivity index (χ1n) is 10.4. The lowest BCUT2D eigenvalue weighted by atomic mass is 10.00. The number of amides is 1. The van der Waals surface area contributed by atoms with Crippen LogP contribution in [-0.2, 0) is 11.2 Å².